The first kappa shape index (κ1) is 19.3. The maximum atomic E-state index is 14.4. The second-order valence-electron chi connectivity index (χ2n) is 6.64. The van der Waals surface area contributed by atoms with Crippen LogP contribution in [0.15, 0.2) is 42.5 Å². The van der Waals surface area contributed by atoms with Gasteiger partial charge in [0.1, 0.15) is 5.82 Å². The highest BCUT2D eigenvalue weighted by molar-refractivity contribution is 7.80. The predicted octanol–water partition coefficient (Wildman–Crippen LogP) is 4.11. The van der Waals surface area contributed by atoms with Crippen LogP contribution in [0, 0.1) is 5.82 Å². The van der Waals surface area contributed by atoms with Crippen LogP contribution in [0.2, 0.25) is 0 Å². The fourth-order valence-corrected chi connectivity index (χ4v) is 3.57. The van der Waals surface area contributed by atoms with Gasteiger partial charge in [-0.2, -0.15) is 0 Å². The van der Waals surface area contributed by atoms with E-state index in [0.29, 0.717) is 42.5 Å². The van der Waals surface area contributed by atoms with Crippen LogP contribution in [-0.2, 0) is 6.42 Å². The zero-order valence-electron chi connectivity index (χ0n) is 15.7. The number of rotatable bonds is 4. The fraction of sp³-hybridized carbons (Fsp3) is 0.333. The van der Waals surface area contributed by atoms with Crippen molar-refractivity contribution in [3.05, 3.63) is 59.4 Å². The largest absolute Gasteiger partial charge is 0.366 e. The van der Waals surface area contributed by atoms with Gasteiger partial charge in [0.2, 0.25) is 0 Å². The van der Waals surface area contributed by atoms with Gasteiger partial charge in [-0.1, -0.05) is 25.1 Å². The van der Waals surface area contributed by atoms with Crippen molar-refractivity contribution in [3.8, 4) is 0 Å². The third kappa shape index (κ3) is 4.45. The molecule has 27 heavy (non-hydrogen) atoms. The molecule has 0 bridgehead atoms. The molecule has 3 rings (SSSR count). The first-order valence-electron chi connectivity index (χ1n) is 9.19. The first-order valence-corrected chi connectivity index (χ1v) is 9.59. The van der Waals surface area contributed by atoms with Crippen molar-refractivity contribution >= 4 is 34.5 Å². The predicted molar refractivity (Wildman–Crippen MR) is 112 cm³/mol. The summed E-state index contributed by atoms with van der Waals surface area (Å²) in [5.41, 5.74) is 3.20. The minimum Gasteiger partial charge on any atom is -0.366 e. The van der Waals surface area contributed by atoms with Crippen molar-refractivity contribution in [2.24, 2.45) is 0 Å². The Labute approximate surface area is 165 Å². The SMILES string of the molecule is CCc1ccccc1NC(=S)N1CCN(c2ccc(C(C)=O)cc2F)CC1. The van der Waals surface area contributed by atoms with Gasteiger partial charge in [0.05, 0.1) is 5.69 Å². The number of para-hydroxylation sites is 1. The van der Waals surface area contributed by atoms with Gasteiger partial charge in [0, 0.05) is 37.4 Å². The fourth-order valence-electron chi connectivity index (χ4n) is 3.28. The molecule has 142 valence electrons. The van der Waals surface area contributed by atoms with Crippen molar-refractivity contribution in [2.45, 2.75) is 20.3 Å². The third-order valence-electron chi connectivity index (χ3n) is 4.90. The van der Waals surface area contributed by atoms with Gasteiger partial charge < -0.3 is 15.1 Å². The van der Waals surface area contributed by atoms with E-state index in [-0.39, 0.29) is 11.6 Å². The molecule has 0 aliphatic carbocycles. The van der Waals surface area contributed by atoms with Gasteiger partial charge in [0.25, 0.3) is 0 Å². The molecule has 1 fully saturated rings. The second kappa shape index (κ2) is 8.48. The molecule has 2 aromatic carbocycles. The Balaban J connectivity index is 1.62. The first-order chi connectivity index (χ1) is 13.0. The van der Waals surface area contributed by atoms with E-state index in [2.05, 4.69) is 23.2 Å². The van der Waals surface area contributed by atoms with E-state index in [0.717, 1.165) is 12.1 Å². The van der Waals surface area contributed by atoms with Gasteiger partial charge in [-0.3, -0.25) is 4.79 Å². The Morgan fingerprint density at radius 3 is 2.48 bits per heavy atom. The summed E-state index contributed by atoms with van der Waals surface area (Å²) in [6.07, 6.45) is 0.940. The number of piperazine rings is 1. The highest BCUT2D eigenvalue weighted by atomic mass is 32.1. The van der Waals surface area contributed by atoms with E-state index >= 15 is 0 Å². The van der Waals surface area contributed by atoms with Crippen molar-refractivity contribution in [1.82, 2.24) is 4.90 Å². The molecule has 1 aliphatic rings. The lowest BCUT2D eigenvalue weighted by Crippen LogP contribution is -2.50. The van der Waals surface area contributed by atoms with E-state index in [9.17, 15) is 9.18 Å². The van der Waals surface area contributed by atoms with Crippen molar-refractivity contribution < 1.29 is 9.18 Å². The summed E-state index contributed by atoms with van der Waals surface area (Å²) in [7, 11) is 0. The zero-order valence-corrected chi connectivity index (χ0v) is 16.5. The lowest BCUT2D eigenvalue weighted by molar-refractivity contribution is 0.101. The van der Waals surface area contributed by atoms with Crippen LogP contribution in [-0.4, -0.2) is 42.0 Å². The van der Waals surface area contributed by atoms with Gasteiger partial charge >= 0.3 is 0 Å². The number of aryl methyl sites for hydroxylation is 1. The van der Waals surface area contributed by atoms with E-state index in [1.165, 1.54) is 18.6 Å². The number of nitrogens with zero attached hydrogens (tertiary/aromatic N) is 2. The highest BCUT2D eigenvalue weighted by Crippen LogP contribution is 2.23. The molecule has 0 amide bonds. The molecule has 0 unspecified atom stereocenters. The molecule has 0 aromatic heterocycles. The molecule has 0 spiro atoms. The van der Waals surface area contributed by atoms with Crippen LogP contribution >= 0.6 is 12.2 Å². The number of nitrogens with one attached hydrogen (secondary N) is 1. The summed E-state index contributed by atoms with van der Waals surface area (Å²) in [5.74, 6) is -0.484. The smallest absolute Gasteiger partial charge is 0.173 e. The van der Waals surface area contributed by atoms with E-state index in [4.69, 9.17) is 12.2 Å². The maximum Gasteiger partial charge on any atom is 0.173 e. The van der Waals surface area contributed by atoms with Gasteiger partial charge in [0.15, 0.2) is 10.9 Å². The van der Waals surface area contributed by atoms with Gasteiger partial charge in [-0.15, -0.1) is 0 Å². The third-order valence-corrected chi connectivity index (χ3v) is 5.26. The Hall–Kier alpha value is -2.47. The summed E-state index contributed by atoms with van der Waals surface area (Å²) < 4.78 is 14.4. The van der Waals surface area contributed by atoms with E-state index in [1.807, 2.05) is 23.1 Å². The molecule has 1 N–H and O–H groups in total. The summed E-state index contributed by atoms with van der Waals surface area (Å²) in [6.45, 7) is 6.34. The van der Waals surface area contributed by atoms with Gasteiger partial charge in [-0.05, 0) is 55.4 Å². The number of thiocarbonyl (C=S) groups is 1. The summed E-state index contributed by atoms with van der Waals surface area (Å²) in [6, 6.07) is 12.8. The van der Waals surface area contributed by atoms with E-state index < -0.39 is 0 Å². The van der Waals surface area contributed by atoms with Crippen LogP contribution in [0.1, 0.15) is 29.8 Å². The van der Waals surface area contributed by atoms with Crippen LogP contribution in [0.25, 0.3) is 0 Å². The summed E-state index contributed by atoms with van der Waals surface area (Å²) >= 11 is 5.58. The lowest BCUT2D eigenvalue weighted by atomic mass is 10.1. The van der Waals surface area contributed by atoms with Gasteiger partial charge in [-0.25, -0.2) is 4.39 Å². The second-order valence-corrected chi connectivity index (χ2v) is 7.02. The number of benzene rings is 2. The molecule has 1 aliphatic heterocycles. The minimum absolute atomic E-state index is 0.131. The number of Topliss-reactive ketones (excluding diaryl/α,β-unsaturated/α-hetero) is 1. The molecular weight excluding hydrogens is 361 g/mol. The molecule has 0 saturated carbocycles. The van der Waals surface area contributed by atoms with Crippen LogP contribution in [0.4, 0.5) is 15.8 Å². The number of halogens is 1. The molecule has 4 nitrogen and oxygen atoms in total. The number of hydrogen-bond donors (Lipinski definition) is 1. The number of hydrogen-bond acceptors (Lipinski definition) is 3. The summed E-state index contributed by atoms with van der Waals surface area (Å²) in [5, 5.41) is 4.04. The molecular formula is C21H24FN3OS. The van der Waals surface area contributed by atoms with Crippen molar-refractivity contribution in [3.63, 3.8) is 0 Å². The highest BCUT2D eigenvalue weighted by Gasteiger charge is 2.22. The average Bonchev–Trinajstić information content (AvgIpc) is 2.68. The van der Waals surface area contributed by atoms with Crippen LogP contribution in [0.5, 0.6) is 0 Å². The zero-order chi connectivity index (χ0) is 19.4. The maximum absolute atomic E-state index is 14.4. The molecule has 2 aromatic rings. The minimum atomic E-state index is -0.353. The standard InChI is InChI=1S/C21H24FN3OS/c1-3-16-6-4-5-7-19(16)23-21(27)25-12-10-24(11-13-25)20-9-8-17(15(2)26)14-18(20)22/h4-9,14H,3,10-13H2,1-2H3,(H,23,27). The molecule has 0 radical (unpaired) electrons. The van der Waals surface area contributed by atoms with Crippen molar-refractivity contribution in [1.29, 1.82) is 0 Å². The molecule has 0 atom stereocenters. The van der Waals surface area contributed by atoms with Crippen LogP contribution < -0.4 is 10.2 Å². The number of anilines is 2. The Bertz CT molecular complexity index is 847. The number of ketones is 1. The number of carbonyl (C=O) groups is 1. The Kier molecular flexibility index (Phi) is 6.06. The quantitative estimate of drug-likeness (QED) is 0.633. The topological polar surface area (TPSA) is 35.6 Å². The molecule has 1 heterocycles. The summed E-state index contributed by atoms with van der Waals surface area (Å²) in [4.78, 5) is 15.5. The monoisotopic (exact) mass is 385 g/mol. The Morgan fingerprint density at radius 2 is 1.85 bits per heavy atom. The van der Waals surface area contributed by atoms with E-state index in [1.54, 1.807) is 12.1 Å². The molecule has 1 saturated heterocycles. The lowest BCUT2D eigenvalue weighted by Gasteiger charge is -2.37. The average molecular weight is 386 g/mol. The Morgan fingerprint density at radius 1 is 1.15 bits per heavy atom. The van der Waals surface area contributed by atoms with Crippen molar-refractivity contribution in [2.75, 3.05) is 36.4 Å². The molecule has 6 heteroatoms. The number of carbonyl (C=O) groups excluding carboxylic acids is 1. The normalized spacial score (nSPS) is 14.2. The van der Waals surface area contributed by atoms with Crippen LogP contribution in [0.3, 0.4) is 0 Å².